The molecular formula is C20H22ClN3O5S. The Balaban J connectivity index is 1.50. The summed E-state index contributed by atoms with van der Waals surface area (Å²) in [6.45, 7) is 0.829. The fourth-order valence-electron chi connectivity index (χ4n) is 3.07. The zero-order valence-electron chi connectivity index (χ0n) is 16.2. The van der Waals surface area contributed by atoms with E-state index in [4.69, 9.17) is 22.1 Å². The van der Waals surface area contributed by atoms with E-state index in [1.165, 1.54) is 28.6 Å². The van der Waals surface area contributed by atoms with Gasteiger partial charge in [0.25, 0.3) is 5.91 Å². The van der Waals surface area contributed by atoms with Gasteiger partial charge in [-0.2, -0.15) is 4.31 Å². The van der Waals surface area contributed by atoms with Gasteiger partial charge in [-0.05, 0) is 42.0 Å². The molecule has 0 unspecified atom stereocenters. The standard InChI is InChI=1S/C20H22ClN3O5S/c21-16-3-7-18(8-4-16)30(27,28)24-11-9-23(10-12-24)20(26)14-29-17-5-1-15(2-6-17)13-19(22)25/h1-8H,9-14H2,(H2,22,25). The van der Waals surface area contributed by atoms with Crippen molar-refractivity contribution in [2.24, 2.45) is 5.73 Å². The number of benzene rings is 2. The number of sulfonamides is 1. The number of amides is 2. The van der Waals surface area contributed by atoms with Crippen molar-refractivity contribution in [3.05, 3.63) is 59.1 Å². The highest BCUT2D eigenvalue weighted by Crippen LogP contribution is 2.20. The molecule has 30 heavy (non-hydrogen) atoms. The molecule has 0 aliphatic carbocycles. The van der Waals surface area contributed by atoms with Crippen molar-refractivity contribution < 1.29 is 22.7 Å². The molecule has 1 saturated heterocycles. The number of carbonyl (C=O) groups is 2. The quantitative estimate of drug-likeness (QED) is 0.681. The summed E-state index contributed by atoms with van der Waals surface area (Å²) in [4.78, 5) is 25.1. The average molecular weight is 452 g/mol. The normalized spacial score (nSPS) is 15.0. The topological polar surface area (TPSA) is 110 Å². The number of primary amides is 1. The average Bonchev–Trinajstić information content (AvgIpc) is 2.73. The lowest BCUT2D eigenvalue weighted by atomic mass is 10.1. The third-order valence-electron chi connectivity index (χ3n) is 4.71. The molecule has 0 radical (unpaired) electrons. The highest BCUT2D eigenvalue weighted by Gasteiger charge is 2.30. The van der Waals surface area contributed by atoms with E-state index < -0.39 is 15.9 Å². The van der Waals surface area contributed by atoms with E-state index in [1.54, 1.807) is 29.2 Å². The van der Waals surface area contributed by atoms with Crippen molar-refractivity contribution in [3.8, 4) is 5.75 Å². The van der Waals surface area contributed by atoms with Gasteiger partial charge in [0, 0.05) is 31.2 Å². The predicted molar refractivity (Wildman–Crippen MR) is 112 cm³/mol. The Labute approximate surface area is 180 Å². The van der Waals surface area contributed by atoms with Crippen molar-refractivity contribution in [3.63, 3.8) is 0 Å². The molecule has 3 rings (SSSR count). The van der Waals surface area contributed by atoms with Crippen LogP contribution in [0.4, 0.5) is 0 Å². The van der Waals surface area contributed by atoms with Gasteiger partial charge in [0.15, 0.2) is 6.61 Å². The summed E-state index contributed by atoms with van der Waals surface area (Å²) in [6.07, 6.45) is 0.141. The SMILES string of the molecule is NC(=O)Cc1ccc(OCC(=O)N2CCN(S(=O)(=O)c3ccc(Cl)cc3)CC2)cc1. The Morgan fingerprint density at radius 1 is 0.967 bits per heavy atom. The van der Waals surface area contributed by atoms with Crippen LogP contribution in [0, 0.1) is 0 Å². The zero-order chi connectivity index (χ0) is 21.7. The first-order chi connectivity index (χ1) is 14.3. The summed E-state index contributed by atoms with van der Waals surface area (Å²) in [5, 5.41) is 0.465. The second-order valence-electron chi connectivity index (χ2n) is 6.81. The van der Waals surface area contributed by atoms with E-state index in [-0.39, 0.29) is 50.0 Å². The lowest BCUT2D eigenvalue weighted by Crippen LogP contribution is -2.51. The molecule has 2 amide bonds. The Morgan fingerprint density at radius 3 is 2.13 bits per heavy atom. The first-order valence-electron chi connectivity index (χ1n) is 9.29. The maximum Gasteiger partial charge on any atom is 0.260 e. The molecule has 0 bridgehead atoms. The van der Waals surface area contributed by atoms with Crippen molar-refractivity contribution in [1.29, 1.82) is 0 Å². The summed E-state index contributed by atoms with van der Waals surface area (Å²) in [7, 11) is -3.62. The second-order valence-corrected chi connectivity index (χ2v) is 9.19. The van der Waals surface area contributed by atoms with Gasteiger partial charge in [0.1, 0.15) is 5.75 Å². The molecular weight excluding hydrogens is 430 g/mol. The Hall–Kier alpha value is -2.62. The van der Waals surface area contributed by atoms with Crippen LogP contribution in [-0.4, -0.2) is 62.2 Å². The molecule has 2 N–H and O–H groups in total. The van der Waals surface area contributed by atoms with Gasteiger partial charge in [0.05, 0.1) is 11.3 Å². The van der Waals surface area contributed by atoms with Crippen LogP contribution in [0.3, 0.4) is 0 Å². The minimum atomic E-state index is -3.62. The molecule has 1 heterocycles. The number of ether oxygens (including phenoxy) is 1. The van der Waals surface area contributed by atoms with E-state index in [2.05, 4.69) is 0 Å². The summed E-state index contributed by atoms with van der Waals surface area (Å²) in [6, 6.07) is 12.8. The fourth-order valence-corrected chi connectivity index (χ4v) is 4.62. The molecule has 2 aromatic rings. The van der Waals surface area contributed by atoms with Crippen molar-refractivity contribution >= 4 is 33.4 Å². The van der Waals surface area contributed by atoms with Gasteiger partial charge in [-0.3, -0.25) is 9.59 Å². The van der Waals surface area contributed by atoms with Gasteiger partial charge in [-0.1, -0.05) is 23.7 Å². The van der Waals surface area contributed by atoms with Gasteiger partial charge in [0.2, 0.25) is 15.9 Å². The number of hydrogen-bond acceptors (Lipinski definition) is 5. The smallest absolute Gasteiger partial charge is 0.260 e. The minimum absolute atomic E-state index is 0.141. The van der Waals surface area contributed by atoms with Crippen LogP contribution in [-0.2, 0) is 26.0 Å². The van der Waals surface area contributed by atoms with E-state index in [9.17, 15) is 18.0 Å². The molecule has 1 fully saturated rings. The van der Waals surface area contributed by atoms with Crippen LogP contribution in [0.1, 0.15) is 5.56 Å². The van der Waals surface area contributed by atoms with Crippen molar-refractivity contribution in [1.82, 2.24) is 9.21 Å². The third kappa shape index (κ3) is 5.50. The van der Waals surface area contributed by atoms with Crippen molar-refractivity contribution in [2.45, 2.75) is 11.3 Å². The highest BCUT2D eigenvalue weighted by molar-refractivity contribution is 7.89. The van der Waals surface area contributed by atoms with Gasteiger partial charge >= 0.3 is 0 Å². The largest absolute Gasteiger partial charge is 0.484 e. The van der Waals surface area contributed by atoms with E-state index in [0.29, 0.717) is 10.8 Å². The third-order valence-corrected chi connectivity index (χ3v) is 6.87. The fraction of sp³-hybridized carbons (Fsp3) is 0.300. The first kappa shape index (κ1) is 22.1. The Bertz CT molecular complexity index is 1000. The zero-order valence-corrected chi connectivity index (χ0v) is 17.7. The molecule has 0 aromatic heterocycles. The van der Waals surface area contributed by atoms with Gasteiger partial charge in [-0.15, -0.1) is 0 Å². The number of carbonyl (C=O) groups excluding carboxylic acids is 2. The van der Waals surface area contributed by atoms with E-state index in [1.807, 2.05) is 0 Å². The number of nitrogens with zero attached hydrogens (tertiary/aromatic N) is 2. The number of hydrogen-bond donors (Lipinski definition) is 1. The minimum Gasteiger partial charge on any atom is -0.484 e. The van der Waals surface area contributed by atoms with E-state index >= 15 is 0 Å². The van der Waals surface area contributed by atoms with Crippen LogP contribution in [0.15, 0.2) is 53.4 Å². The maximum absolute atomic E-state index is 12.7. The van der Waals surface area contributed by atoms with Crippen LogP contribution in [0.25, 0.3) is 0 Å². The van der Waals surface area contributed by atoms with E-state index in [0.717, 1.165) is 5.56 Å². The first-order valence-corrected chi connectivity index (χ1v) is 11.1. The van der Waals surface area contributed by atoms with Crippen LogP contribution in [0.2, 0.25) is 5.02 Å². The molecule has 2 aromatic carbocycles. The van der Waals surface area contributed by atoms with Crippen molar-refractivity contribution in [2.75, 3.05) is 32.8 Å². The summed E-state index contributed by atoms with van der Waals surface area (Å²) in [5.41, 5.74) is 5.92. The Morgan fingerprint density at radius 2 is 1.57 bits per heavy atom. The lowest BCUT2D eigenvalue weighted by Gasteiger charge is -2.34. The number of halogens is 1. The molecule has 10 heteroatoms. The monoisotopic (exact) mass is 451 g/mol. The molecule has 160 valence electrons. The predicted octanol–water partition coefficient (Wildman–Crippen LogP) is 1.28. The van der Waals surface area contributed by atoms with Gasteiger partial charge < -0.3 is 15.4 Å². The van der Waals surface area contributed by atoms with Crippen LogP contribution in [0.5, 0.6) is 5.75 Å². The molecule has 1 aliphatic rings. The second kappa shape index (κ2) is 9.46. The lowest BCUT2D eigenvalue weighted by molar-refractivity contribution is -0.134. The highest BCUT2D eigenvalue weighted by atomic mass is 35.5. The molecule has 1 aliphatic heterocycles. The molecule has 0 spiro atoms. The number of nitrogens with two attached hydrogens (primary N) is 1. The van der Waals surface area contributed by atoms with Crippen LogP contribution >= 0.6 is 11.6 Å². The maximum atomic E-state index is 12.7. The van der Waals surface area contributed by atoms with Gasteiger partial charge in [-0.25, -0.2) is 8.42 Å². The molecule has 0 atom stereocenters. The summed E-state index contributed by atoms with van der Waals surface area (Å²) >= 11 is 5.82. The summed E-state index contributed by atoms with van der Waals surface area (Å²) < 4.78 is 32.3. The van der Waals surface area contributed by atoms with Crippen LogP contribution < -0.4 is 10.5 Å². The summed E-state index contributed by atoms with van der Waals surface area (Å²) in [5.74, 6) is -0.142. The number of piperazine rings is 1. The number of rotatable bonds is 7. The molecule has 0 saturated carbocycles. The Kier molecular flexibility index (Phi) is 6.96. The molecule has 8 nitrogen and oxygen atoms in total.